The molecule has 3 aliphatic heterocycles. The van der Waals surface area contributed by atoms with Crippen LogP contribution in [0.2, 0.25) is 0 Å². The molecule has 3 fully saturated rings. The van der Waals surface area contributed by atoms with Crippen molar-refractivity contribution < 1.29 is 19.4 Å². The Bertz CT molecular complexity index is 405. The number of fused-ring (bicyclic) bond motifs is 2. The normalized spacial score (nSPS) is 40.7. The van der Waals surface area contributed by atoms with Crippen molar-refractivity contribution in [2.75, 3.05) is 13.2 Å². The zero-order valence-electron chi connectivity index (χ0n) is 11.1. The fourth-order valence-electron chi connectivity index (χ4n) is 3.66. The van der Waals surface area contributed by atoms with Crippen LogP contribution in [0.4, 0.5) is 4.79 Å². The van der Waals surface area contributed by atoms with E-state index in [0.29, 0.717) is 19.6 Å². The van der Waals surface area contributed by atoms with Crippen LogP contribution in [0, 0.1) is 5.92 Å². The first-order valence-electron chi connectivity index (χ1n) is 6.91. The predicted octanol–water partition coefficient (Wildman–Crippen LogP) is 0.812. The van der Waals surface area contributed by atoms with Gasteiger partial charge in [-0.25, -0.2) is 4.79 Å². The van der Waals surface area contributed by atoms with Crippen molar-refractivity contribution in [1.82, 2.24) is 10.2 Å². The summed E-state index contributed by atoms with van der Waals surface area (Å²) >= 11 is 0. The molecule has 3 heterocycles. The summed E-state index contributed by atoms with van der Waals surface area (Å²) in [4.78, 5) is 25.4. The Hall–Kier alpha value is -1.30. The molecular formula is C13H20N2O4. The first-order chi connectivity index (χ1) is 9.00. The molecule has 0 radical (unpaired) electrons. The second-order valence-electron chi connectivity index (χ2n) is 6.18. The molecule has 2 N–H and O–H groups in total. The third-order valence-corrected chi connectivity index (χ3v) is 4.72. The fraction of sp³-hybridized carbons (Fsp3) is 0.846. The van der Waals surface area contributed by atoms with Gasteiger partial charge in [-0.05, 0) is 32.6 Å². The minimum atomic E-state index is -0.777. The number of carboxylic acids is 1. The van der Waals surface area contributed by atoms with Crippen molar-refractivity contribution in [1.29, 1.82) is 0 Å². The Balaban J connectivity index is 1.69. The number of amides is 2. The molecule has 0 aliphatic carbocycles. The minimum absolute atomic E-state index is 0.0945. The van der Waals surface area contributed by atoms with Gasteiger partial charge in [0, 0.05) is 18.7 Å². The van der Waals surface area contributed by atoms with Crippen LogP contribution in [0.1, 0.15) is 32.6 Å². The minimum Gasteiger partial charge on any atom is -0.481 e. The van der Waals surface area contributed by atoms with Crippen LogP contribution in [0.25, 0.3) is 0 Å². The predicted molar refractivity (Wildman–Crippen MR) is 66.8 cm³/mol. The number of carbonyl (C=O) groups excluding carboxylic acids is 1. The molecule has 3 aliphatic rings. The molecule has 0 aromatic rings. The van der Waals surface area contributed by atoms with Gasteiger partial charge < -0.3 is 20.1 Å². The van der Waals surface area contributed by atoms with Crippen molar-refractivity contribution in [3.8, 4) is 0 Å². The Morgan fingerprint density at radius 2 is 2.21 bits per heavy atom. The van der Waals surface area contributed by atoms with Crippen LogP contribution in [-0.2, 0) is 9.53 Å². The zero-order valence-corrected chi connectivity index (χ0v) is 11.1. The lowest BCUT2D eigenvalue weighted by Gasteiger charge is -2.30. The van der Waals surface area contributed by atoms with Crippen LogP contribution in [0.5, 0.6) is 0 Å². The number of hydrogen-bond acceptors (Lipinski definition) is 3. The van der Waals surface area contributed by atoms with Gasteiger partial charge in [-0.3, -0.25) is 4.79 Å². The molecule has 4 unspecified atom stereocenters. The molecule has 6 heteroatoms. The highest BCUT2D eigenvalue weighted by molar-refractivity contribution is 5.80. The zero-order chi connectivity index (χ0) is 13.6. The molecule has 0 spiro atoms. The molecule has 0 aromatic carbocycles. The summed E-state index contributed by atoms with van der Waals surface area (Å²) in [6.07, 6.45) is 3.14. The number of aliphatic carboxylic acids is 1. The van der Waals surface area contributed by atoms with Crippen molar-refractivity contribution in [3.05, 3.63) is 0 Å². The van der Waals surface area contributed by atoms with E-state index < -0.39 is 11.9 Å². The Labute approximate surface area is 112 Å². The lowest BCUT2D eigenvalue weighted by atomic mass is 9.89. The molecule has 106 valence electrons. The number of carboxylic acid groups (broad SMARTS) is 1. The maximum atomic E-state index is 12.4. The highest BCUT2D eigenvalue weighted by atomic mass is 16.5. The van der Waals surface area contributed by atoms with Crippen molar-refractivity contribution in [3.63, 3.8) is 0 Å². The molecular weight excluding hydrogens is 248 g/mol. The van der Waals surface area contributed by atoms with E-state index >= 15 is 0 Å². The average molecular weight is 268 g/mol. The molecule has 19 heavy (non-hydrogen) atoms. The van der Waals surface area contributed by atoms with E-state index in [1.165, 1.54) is 0 Å². The van der Waals surface area contributed by atoms with E-state index in [1.807, 2.05) is 6.92 Å². The van der Waals surface area contributed by atoms with Gasteiger partial charge in [0.05, 0.1) is 18.1 Å². The molecule has 0 saturated carbocycles. The first kappa shape index (κ1) is 12.7. The van der Waals surface area contributed by atoms with Crippen LogP contribution < -0.4 is 5.32 Å². The summed E-state index contributed by atoms with van der Waals surface area (Å²) in [6, 6.07) is -0.158. The van der Waals surface area contributed by atoms with Gasteiger partial charge in [0.25, 0.3) is 0 Å². The maximum absolute atomic E-state index is 12.4. The lowest BCUT2D eigenvalue weighted by Crippen LogP contribution is -2.53. The van der Waals surface area contributed by atoms with E-state index in [2.05, 4.69) is 5.32 Å². The van der Waals surface area contributed by atoms with Gasteiger partial charge in [0.2, 0.25) is 0 Å². The number of carbonyl (C=O) groups is 2. The topological polar surface area (TPSA) is 78.9 Å². The van der Waals surface area contributed by atoms with E-state index in [0.717, 1.165) is 19.3 Å². The smallest absolute Gasteiger partial charge is 0.318 e. The first-order valence-corrected chi connectivity index (χ1v) is 6.91. The number of ether oxygens (including phenoxy) is 1. The highest BCUT2D eigenvalue weighted by Gasteiger charge is 2.52. The number of hydrogen-bond donors (Lipinski definition) is 2. The molecule has 4 atom stereocenters. The van der Waals surface area contributed by atoms with E-state index in [9.17, 15) is 14.7 Å². The van der Waals surface area contributed by atoms with Gasteiger partial charge in [0.1, 0.15) is 0 Å². The number of nitrogens with zero attached hydrogens (tertiary/aromatic N) is 1. The van der Waals surface area contributed by atoms with Gasteiger partial charge in [-0.15, -0.1) is 0 Å². The standard InChI is InChI=1S/C13H20N2O4/c1-13(4-5-19-7-13)14-12(18)15-8-2-3-10(15)9(6-8)11(16)17/h8-10H,2-7H2,1H3,(H,14,18)(H,16,17). The van der Waals surface area contributed by atoms with Gasteiger partial charge in [-0.1, -0.05) is 0 Å². The number of rotatable bonds is 2. The average Bonchev–Trinajstić information content (AvgIpc) is 3.02. The van der Waals surface area contributed by atoms with Crippen LogP contribution in [-0.4, -0.2) is 52.8 Å². The Morgan fingerprint density at radius 3 is 2.79 bits per heavy atom. The van der Waals surface area contributed by atoms with Crippen molar-refractivity contribution in [2.45, 2.75) is 50.2 Å². The Morgan fingerprint density at radius 1 is 1.42 bits per heavy atom. The number of nitrogens with one attached hydrogen (secondary N) is 1. The SMILES string of the molecule is CC1(NC(=O)N2C3CCC2C(C(=O)O)C3)CCOC1. The number of urea groups is 1. The highest BCUT2D eigenvalue weighted by Crippen LogP contribution is 2.42. The second kappa shape index (κ2) is 4.37. The fourth-order valence-corrected chi connectivity index (χ4v) is 3.66. The second-order valence-corrected chi connectivity index (χ2v) is 6.18. The van der Waals surface area contributed by atoms with Crippen LogP contribution in [0.15, 0.2) is 0 Å². The Kier molecular flexibility index (Phi) is 2.92. The van der Waals surface area contributed by atoms with Gasteiger partial charge in [-0.2, -0.15) is 0 Å². The monoisotopic (exact) mass is 268 g/mol. The summed E-state index contributed by atoms with van der Waals surface area (Å²) in [5.41, 5.74) is -0.308. The van der Waals surface area contributed by atoms with E-state index in [1.54, 1.807) is 4.90 Å². The molecule has 3 saturated heterocycles. The summed E-state index contributed by atoms with van der Waals surface area (Å²) in [7, 11) is 0. The van der Waals surface area contributed by atoms with E-state index in [-0.39, 0.29) is 23.7 Å². The van der Waals surface area contributed by atoms with Crippen molar-refractivity contribution in [2.24, 2.45) is 5.92 Å². The maximum Gasteiger partial charge on any atom is 0.318 e. The third kappa shape index (κ3) is 2.08. The largest absolute Gasteiger partial charge is 0.481 e. The molecule has 0 aromatic heterocycles. The molecule has 3 rings (SSSR count). The van der Waals surface area contributed by atoms with Gasteiger partial charge >= 0.3 is 12.0 Å². The molecule has 2 amide bonds. The van der Waals surface area contributed by atoms with E-state index in [4.69, 9.17) is 4.74 Å². The lowest BCUT2D eigenvalue weighted by molar-refractivity contribution is -0.142. The third-order valence-electron chi connectivity index (χ3n) is 4.72. The summed E-state index contributed by atoms with van der Waals surface area (Å²) < 4.78 is 5.32. The van der Waals surface area contributed by atoms with Crippen LogP contribution in [0.3, 0.4) is 0 Å². The molecule has 2 bridgehead atoms. The summed E-state index contributed by atoms with van der Waals surface area (Å²) in [5, 5.41) is 12.2. The van der Waals surface area contributed by atoms with Gasteiger partial charge in [0.15, 0.2) is 0 Å². The van der Waals surface area contributed by atoms with Crippen molar-refractivity contribution >= 4 is 12.0 Å². The summed E-state index contributed by atoms with van der Waals surface area (Å²) in [6.45, 7) is 3.18. The molecule has 6 nitrogen and oxygen atoms in total. The van der Waals surface area contributed by atoms with Crippen LogP contribution >= 0.6 is 0 Å². The quantitative estimate of drug-likeness (QED) is 0.777. The summed E-state index contributed by atoms with van der Waals surface area (Å²) in [5.74, 6) is -1.17.